The summed E-state index contributed by atoms with van der Waals surface area (Å²) in [5.74, 6) is -0.265. The third kappa shape index (κ3) is 7.76. The molecule has 9 heteroatoms. The van der Waals surface area contributed by atoms with Crippen molar-refractivity contribution < 1.29 is 33.3 Å². The van der Waals surface area contributed by atoms with Gasteiger partial charge in [0.1, 0.15) is 23.3 Å². The largest absolute Gasteiger partial charge is 0.494 e. The van der Waals surface area contributed by atoms with E-state index >= 15 is 0 Å². The molecule has 0 saturated heterocycles. The first kappa shape index (κ1) is 28.1. The van der Waals surface area contributed by atoms with Crippen LogP contribution in [0.5, 0.6) is 5.75 Å². The zero-order chi connectivity index (χ0) is 27.1. The number of halogens is 1. The van der Waals surface area contributed by atoms with E-state index in [9.17, 15) is 14.0 Å². The van der Waals surface area contributed by atoms with Crippen molar-refractivity contribution in [3.8, 4) is 5.75 Å². The van der Waals surface area contributed by atoms with Crippen LogP contribution >= 0.6 is 0 Å². The van der Waals surface area contributed by atoms with E-state index in [2.05, 4.69) is 5.32 Å². The zero-order valence-corrected chi connectivity index (χ0v) is 21.8. The lowest BCUT2D eigenvalue weighted by atomic mass is 9.87. The van der Waals surface area contributed by atoms with Crippen LogP contribution in [0.3, 0.4) is 0 Å². The van der Waals surface area contributed by atoms with Crippen LogP contribution in [0, 0.1) is 5.82 Å². The molecule has 2 aromatic carbocycles. The predicted molar refractivity (Wildman–Crippen MR) is 137 cm³/mol. The molecule has 0 spiro atoms. The molecule has 8 nitrogen and oxygen atoms in total. The normalized spacial score (nSPS) is 19.1. The van der Waals surface area contributed by atoms with E-state index in [4.69, 9.17) is 24.3 Å². The van der Waals surface area contributed by atoms with Crippen molar-refractivity contribution in [3.05, 3.63) is 65.5 Å². The lowest BCUT2D eigenvalue weighted by Gasteiger charge is -2.28. The summed E-state index contributed by atoms with van der Waals surface area (Å²) in [5.41, 5.74) is -0.623. The average molecular weight is 515 g/mol. The first-order chi connectivity index (χ1) is 17.5. The average Bonchev–Trinajstić information content (AvgIpc) is 3.19. The quantitative estimate of drug-likeness (QED) is 0.348. The highest BCUT2D eigenvalue weighted by atomic mass is 19.1. The van der Waals surface area contributed by atoms with E-state index in [1.54, 1.807) is 64.1 Å². The van der Waals surface area contributed by atoms with E-state index < -0.39 is 29.1 Å². The number of rotatable bonds is 11. The molecule has 2 aromatic rings. The third-order valence-electron chi connectivity index (χ3n) is 5.82. The Balaban J connectivity index is 1.81. The molecular formula is C28H35FN2O6. The molecule has 37 heavy (non-hydrogen) atoms. The lowest BCUT2D eigenvalue weighted by molar-refractivity contribution is -0.155. The van der Waals surface area contributed by atoms with Crippen LogP contribution in [0.25, 0.3) is 0 Å². The van der Waals surface area contributed by atoms with Gasteiger partial charge >= 0.3 is 5.97 Å². The van der Waals surface area contributed by atoms with E-state index in [0.29, 0.717) is 24.3 Å². The fraction of sp³-hybridized carbons (Fsp3) is 0.464. The van der Waals surface area contributed by atoms with Gasteiger partial charge in [-0.25, -0.2) is 9.38 Å². The Morgan fingerprint density at radius 3 is 2.43 bits per heavy atom. The first-order valence-electron chi connectivity index (χ1n) is 12.4. The van der Waals surface area contributed by atoms with Crippen molar-refractivity contribution in [2.45, 2.75) is 70.7 Å². The van der Waals surface area contributed by atoms with Crippen LogP contribution in [0.15, 0.2) is 53.5 Å². The number of benzene rings is 2. The van der Waals surface area contributed by atoms with Crippen LogP contribution in [0.1, 0.15) is 58.1 Å². The summed E-state index contributed by atoms with van der Waals surface area (Å²) in [7, 11) is 0. The number of nitrogens with one attached hydrogen (secondary N) is 1. The second kappa shape index (κ2) is 12.2. The molecule has 2 N–H and O–H groups in total. The van der Waals surface area contributed by atoms with Gasteiger partial charge in [-0.1, -0.05) is 12.1 Å². The van der Waals surface area contributed by atoms with Gasteiger partial charge in [-0.2, -0.15) is 0 Å². The van der Waals surface area contributed by atoms with Gasteiger partial charge in [0.2, 0.25) is 5.90 Å². The minimum Gasteiger partial charge on any atom is -0.494 e. The summed E-state index contributed by atoms with van der Waals surface area (Å²) >= 11 is 0. The molecule has 0 aromatic heterocycles. The van der Waals surface area contributed by atoms with Gasteiger partial charge in [-0.3, -0.25) is 9.59 Å². The van der Waals surface area contributed by atoms with Gasteiger partial charge in [0.15, 0.2) is 5.54 Å². The Kier molecular flexibility index (Phi) is 9.26. The highest BCUT2D eigenvalue weighted by Gasteiger charge is 2.50. The molecule has 1 aliphatic rings. The molecule has 0 bridgehead atoms. The summed E-state index contributed by atoms with van der Waals surface area (Å²) in [6.07, 6.45) is -0.0610. The number of aliphatic imine (C=N–C) groups is 1. The second-order valence-electron chi connectivity index (χ2n) is 9.95. The Morgan fingerprint density at radius 2 is 1.81 bits per heavy atom. The number of nitrogens with zero attached hydrogens (tertiary/aromatic N) is 1. The number of ether oxygens (including phenoxy) is 3. The number of hydrogen-bond acceptors (Lipinski definition) is 7. The molecule has 0 aliphatic carbocycles. The molecule has 0 fully saturated rings. The third-order valence-corrected chi connectivity index (χ3v) is 5.82. The maximum atomic E-state index is 13.5. The highest BCUT2D eigenvalue weighted by molar-refractivity contribution is 6.00. The lowest BCUT2D eigenvalue weighted by Crippen LogP contribution is -2.51. The van der Waals surface area contributed by atoms with E-state index in [0.717, 1.165) is 5.56 Å². The summed E-state index contributed by atoms with van der Waals surface area (Å²) < 4.78 is 30.3. The zero-order valence-electron chi connectivity index (χ0n) is 21.8. The summed E-state index contributed by atoms with van der Waals surface area (Å²) in [6.45, 7) is 7.71. The number of carbonyl (C=O) groups is 2. The van der Waals surface area contributed by atoms with Crippen LogP contribution in [-0.4, -0.2) is 53.3 Å². The van der Waals surface area contributed by atoms with E-state index in [-0.39, 0.29) is 37.7 Å². The molecule has 0 radical (unpaired) electrons. The van der Waals surface area contributed by atoms with Crippen molar-refractivity contribution in [2.24, 2.45) is 4.99 Å². The summed E-state index contributed by atoms with van der Waals surface area (Å²) in [5, 5.41) is 11.8. The van der Waals surface area contributed by atoms with Gasteiger partial charge in [-0.15, -0.1) is 0 Å². The Labute approximate surface area is 216 Å². The minimum atomic E-state index is -1.36. The SMILES string of the molecule is C[C@H]1OC(c2ccc(OCCCO)cc2)=N[C@@]1(CCC(=O)OC(C)(C)C)C(=O)NCc1ccc(F)cc1. The Hall–Kier alpha value is -3.46. The van der Waals surface area contributed by atoms with Crippen molar-refractivity contribution in [3.63, 3.8) is 0 Å². The molecule has 1 heterocycles. The number of hydrogen-bond donors (Lipinski definition) is 2. The summed E-state index contributed by atoms with van der Waals surface area (Å²) in [4.78, 5) is 30.7. The number of esters is 1. The second-order valence-corrected chi connectivity index (χ2v) is 9.95. The molecule has 200 valence electrons. The molecule has 2 atom stereocenters. The maximum Gasteiger partial charge on any atom is 0.306 e. The van der Waals surface area contributed by atoms with E-state index in [1.165, 1.54) is 12.1 Å². The fourth-order valence-corrected chi connectivity index (χ4v) is 3.88. The minimum absolute atomic E-state index is 0.0245. The first-order valence-corrected chi connectivity index (χ1v) is 12.4. The van der Waals surface area contributed by atoms with Crippen LogP contribution in [0.2, 0.25) is 0 Å². The fourth-order valence-electron chi connectivity index (χ4n) is 3.88. The van der Waals surface area contributed by atoms with Gasteiger partial charge in [0, 0.05) is 31.6 Å². The number of amides is 1. The van der Waals surface area contributed by atoms with E-state index in [1.807, 2.05) is 0 Å². The Morgan fingerprint density at radius 1 is 1.14 bits per heavy atom. The number of carbonyl (C=O) groups excluding carboxylic acids is 2. The topological polar surface area (TPSA) is 106 Å². The van der Waals surface area contributed by atoms with Crippen molar-refractivity contribution in [2.75, 3.05) is 13.2 Å². The number of aliphatic hydroxyl groups is 1. The molecule has 0 unspecified atom stereocenters. The van der Waals surface area contributed by atoms with Crippen molar-refractivity contribution >= 4 is 17.8 Å². The smallest absolute Gasteiger partial charge is 0.306 e. The van der Waals surface area contributed by atoms with Gasteiger partial charge in [-0.05, 0) is 76.1 Å². The molecular weight excluding hydrogens is 479 g/mol. The van der Waals surface area contributed by atoms with Crippen LogP contribution < -0.4 is 10.1 Å². The predicted octanol–water partition coefficient (Wildman–Crippen LogP) is 3.93. The molecule has 0 saturated carbocycles. The molecule has 1 amide bonds. The van der Waals surface area contributed by atoms with Gasteiger partial charge in [0.25, 0.3) is 5.91 Å². The summed E-state index contributed by atoms with van der Waals surface area (Å²) in [6, 6.07) is 12.9. The van der Waals surface area contributed by atoms with Crippen LogP contribution in [0.4, 0.5) is 4.39 Å². The monoisotopic (exact) mass is 514 g/mol. The standard InChI is InChI=1S/C28H35FN2O6/c1-19-28(15-14-24(33)37-27(2,3)4,26(34)30-18-20-6-10-22(29)11-7-20)31-25(36-19)21-8-12-23(13-9-21)35-17-5-16-32/h6-13,19,32H,5,14-18H2,1-4H3,(H,30,34)/t19-,28-/m1/s1. The van der Waals surface area contributed by atoms with Crippen LogP contribution in [-0.2, 0) is 25.6 Å². The molecule has 1 aliphatic heterocycles. The van der Waals surface area contributed by atoms with Gasteiger partial charge < -0.3 is 24.6 Å². The van der Waals surface area contributed by atoms with Crippen molar-refractivity contribution in [1.82, 2.24) is 5.32 Å². The Bertz CT molecular complexity index is 1100. The highest BCUT2D eigenvalue weighted by Crippen LogP contribution is 2.34. The van der Waals surface area contributed by atoms with Crippen molar-refractivity contribution in [1.29, 1.82) is 0 Å². The molecule has 3 rings (SSSR count). The van der Waals surface area contributed by atoms with Gasteiger partial charge in [0.05, 0.1) is 6.61 Å². The number of aliphatic hydroxyl groups excluding tert-OH is 1. The maximum absolute atomic E-state index is 13.5.